The average Bonchev–Trinajstić information content (AvgIpc) is 2.98. The maximum Gasteiger partial charge on any atom is 0.162 e. The van der Waals surface area contributed by atoms with Crippen molar-refractivity contribution in [3.05, 3.63) is 47.5 Å². The molecule has 0 aliphatic rings. The van der Waals surface area contributed by atoms with E-state index in [1.54, 1.807) is 11.3 Å². The Morgan fingerprint density at radius 1 is 1.11 bits per heavy atom. The number of aryl methyl sites for hydroxylation is 1. The van der Waals surface area contributed by atoms with Crippen LogP contribution in [0, 0.1) is 6.92 Å². The number of rotatable bonds is 2. The van der Waals surface area contributed by atoms with E-state index in [1.165, 1.54) is 0 Å². The van der Waals surface area contributed by atoms with E-state index < -0.39 is 0 Å². The lowest BCUT2D eigenvalue weighted by molar-refractivity contribution is 0.548. The van der Waals surface area contributed by atoms with E-state index in [-0.39, 0.29) is 0 Å². The molecule has 0 aliphatic heterocycles. The van der Waals surface area contributed by atoms with E-state index >= 15 is 0 Å². The normalized spacial score (nSPS) is 10.7. The van der Waals surface area contributed by atoms with Crippen molar-refractivity contribution in [3.8, 4) is 22.0 Å². The van der Waals surface area contributed by atoms with Gasteiger partial charge in [-0.3, -0.25) is 0 Å². The number of benzene rings is 1. The maximum atomic E-state index is 5.67. The van der Waals surface area contributed by atoms with Gasteiger partial charge in [0, 0.05) is 16.6 Å². The summed E-state index contributed by atoms with van der Waals surface area (Å²) in [5.41, 5.74) is 8.44. The molecular formula is C14H12N2OS. The van der Waals surface area contributed by atoms with Gasteiger partial charge in [0.1, 0.15) is 5.76 Å². The predicted molar refractivity (Wildman–Crippen MR) is 74.4 cm³/mol. The smallest absolute Gasteiger partial charge is 0.162 e. The van der Waals surface area contributed by atoms with Gasteiger partial charge in [0.25, 0.3) is 0 Å². The number of hydrogen-bond donors (Lipinski definition) is 1. The molecule has 0 aliphatic carbocycles. The second-order valence-electron chi connectivity index (χ2n) is 4.07. The third-order valence-electron chi connectivity index (χ3n) is 2.66. The van der Waals surface area contributed by atoms with Crippen LogP contribution in [0.25, 0.3) is 22.0 Å². The van der Waals surface area contributed by atoms with Crippen LogP contribution in [0.5, 0.6) is 0 Å². The van der Waals surface area contributed by atoms with Crippen LogP contribution in [0.3, 0.4) is 0 Å². The van der Waals surface area contributed by atoms with Crippen LogP contribution in [-0.2, 0) is 0 Å². The zero-order valence-electron chi connectivity index (χ0n) is 9.88. The maximum absolute atomic E-state index is 5.67. The number of nitrogens with zero attached hydrogens (tertiary/aromatic N) is 1. The van der Waals surface area contributed by atoms with E-state index in [4.69, 9.17) is 10.2 Å². The van der Waals surface area contributed by atoms with Crippen molar-refractivity contribution in [2.24, 2.45) is 0 Å². The molecule has 0 radical (unpaired) electrons. The quantitative estimate of drug-likeness (QED) is 0.706. The predicted octanol–water partition coefficient (Wildman–Crippen LogP) is 3.96. The average molecular weight is 256 g/mol. The van der Waals surface area contributed by atoms with Gasteiger partial charge in [-0.1, -0.05) is 12.1 Å². The lowest BCUT2D eigenvalue weighted by Gasteiger charge is -1.96. The first-order valence-electron chi connectivity index (χ1n) is 5.60. The molecule has 0 saturated heterocycles. The minimum Gasteiger partial charge on any atom is -0.459 e. The summed E-state index contributed by atoms with van der Waals surface area (Å²) in [6.07, 6.45) is 0. The first kappa shape index (κ1) is 11.0. The SMILES string of the molecule is Cc1ccc(-c2nc(-c3ccc(N)cc3)cs2)o1. The van der Waals surface area contributed by atoms with Crippen molar-refractivity contribution in [2.45, 2.75) is 6.92 Å². The molecule has 2 N–H and O–H groups in total. The van der Waals surface area contributed by atoms with Gasteiger partial charge in [-0.25, -0.2) is 4.98 Å². The van der Waals surface area contributed by atoms with Crippen LogP contribution in [0.4, 0.5) is 5.69 Å². The number of aromatic nitrogens is 1. The standard InChI is InChI=1S/C14H12N2OS/c1-9-2-7-13(17-9)14-16-12(8-18-14)10-3-5-11(15)6-4-10/h2-8H,15H2,1H3. The highest BCUT2D eigenvalue weighted by Crippen LogP contribution is 2.30. The van der Waals surface area contributed by atoms with Crippen LogP contribution in [-0.4, -0.2) is 4.98 Å². The zero-order valence-corrected chi connectivity index (χ0v) is 10.7. The minimum absolute atomic E-state index is 0.760. The second-order valence-corrected chi connectivity index (χ2v) is 4.93. The number of anilines is 1. The third kappa shape index (κ3) is 2.02. The molecule has 0 spiro atoms. The molecule has 0 bridgehead atoms. The van der Waals surface area contributed by atoms with Crippen molar-refractivity contribution in [1.82, 2.24) is 4.98 Å². The molecule has 0 fully saturated rings. The molecule has 3 rings (SSSR count). The molecule has 0 amide bonds. The summed E-state index contributed by atoms with van der Waals surface area (Å²) in [4.78, 5) is 4.58. The number of thiazole rings is 1. The summed E-state index contributed by atoms with van der Waals surface area (Å²) in [5, 5.41) is 2.92. The van der Waals surface area contributed by atoms with Crippen molar-refractivity contribution in [2.75, 3.05) is 5.73 Å². The first-order chi connectivity index (χ1) is 8.72. The summed E-state index contributed by atoms with van der Waals surface area (Å²) in [5.74, 6) is 1.72. The van der Waals surface area contributed by atoms with Crippen LogP contribution in [0.15, 0.2) is 46.2 Å². The van der Waals surface area contributed by atoms with E-state index in [2.05, 4.69) is 4.98 Å². The second kappa shape index (κ2) is 4.31. The van der Waals surface area contributed by atoms with E-state index in [9.17, 15) is 0 Å². The Bertz CT molecular complexity index is 667. The molecule has 4 heteroatoms. The molecule has 3 nitrogen and oxygen atoms in total. The monoisotopic (exact) mass is 256 g/mol. The van der Waals surface area contributed by atoms with Crippen LogP contribution < -0.4 is 5.73 Å². The molecule has 0 atom stereocenters. The van der Waals surface area contributed by atoms with Gasteiger partial charge >= 0.3 is 0 Å². The van der Waals surface area contributed by atoms with E-state index in [0.717, 1.165) is 33.5 Å². The number of nitrogens with two attached hydrogens (primary N) is 1. The summed E-state index contributed by atoms with van der Waals surface area (Å²) < 4.78 is 5.57. The lowest BCUT2D eigenvalue weighted by atomic mass is 10.1. The highest BCUT2D eigenvalue weighted by Gasteiger charge is 2.09. The third-order valence-corrected chi connectivity index (χ3v) is 3.52. The van der Waals surface area contributed by atoms with Crippen LogP contribution in [0.1, 0.15) is 5.76 Å². The first-order valence-corrected chi connectivity index (χ1v) is 6.48. The molecule has 18 heavy (non-hydrogen) atoms. The van der Waals surface area contributed by atoms with Gasteiger partial charge in [-0.15, -0.1) is 11.3 Å². The van der Waals surface area contributed by atoms with E-state index in [0.29, 0.717) is 0 Å². The van der Waals surface area contributed by atoms with Crippen molar-refractivity contribution >= 4 is 17.0 Å². The number of furan rings is 1. The van der Waals surface area contributed by atoms with Gasteiger partial charge in [-0.05, 0) is 31.2 Å². The molecule has 90 valence electrons. The lowest BCUT2D eigenvalue weighted by Crippen LogP contribution is -1.84. The largest absolute Gasteiger partial charge is 0.459 e. The fourth-order valence-corrected chi connectivity index (χ4v) is 2.51. The molecule has 0 unspecified atom stereocenters. The Hall–Kier alpha value is -2.07. The van der Waals surface area contributed by atoms with Crippen molar-refractivity contribution in [1.29, 1.82) is 0 Å². The van der Waals surface area contributed by atoms with Gasteiger partial charge in [0.05, 0.1) is 5.69 Å². The fourth-order valence-electron chi connectivity index (χ4n) is 1.72. The summed E-state index contributed by atoms with van der Waals surface area (Å²) in [7, 11) is 0. The Morgan fingerprint density at radius 2 is 1.89 bits per heavy atom. The Morgan fingerprint density at radius 3 is 2.56 bits per heavy atom. The van der Waals surface area contributed by atoms with Crippen molar-refractivity contribution in [3.63, 3.8) is 0 Å². The highest BCUT2D eigenvalue weighted by atomic mass is 32.1. The number of hydrogen-bond acceptors (Lipinski definition) is 4. The molecule has 2 aromatic heterocycles. The topological polar surface area (TPSA) is 52.0 Å². The summed E-state index contributed by atoms with van der Waals surface area (Å²) in [6, 6.07) is 11.6. The Kier molecular flexibility index (Phi) is 2.64. The molecule has 3 aromatic rings. The van der Waals surface area contributed by atoms with Crippen LogP contribution in [0.2, 0.25) is 0 Å². The molecule has 0 saturated carbocycles. The van der Waals surface area contributed by atoms with Gasteiger partial charge in [0.2, 0.25) is 0 Å². The summed E-state index contributed by atoms with van der Waals surface area (Å²) >= 11 is 1.58. The van der Waals surface area contributed by atoms with E-state index in [1.807, 2.05) is 48.7 Å². The van der Waals surface area contributed by atoms with Gasteiger partial charge in [-0.2, -0.15) is 0 Å². The fraction of sp³-hybridized carbons (Fsp3) is 0.0714. The Labute approximate surface area is 109 Å². The summed E-state index contributed by atoms with van der Waals surface area (Å²) in [6.45, 7) is 1.93. The van der Waals surface area contributed by atoms with Crippen molar-refractivity contribution < 1.29 is 4.42 Å². The molecule has 2 heterocycles. The zero-order chi connectivity index (χ0) is 12.5. The van der Waals surface area contributed by atoms with Gasteiger partial charge in [0.15, 0.2) is 10.8 Å². The highest BCUT2D eigenvalue weighted by molar-refractivity contribution is 7.13. The number of nitrogen functional groups attached to an aromatic ring is 1. The minimum atomic E-state index is 0.760. The molecular weight excluding hydrogens is 244 g/mol. The van der Waals surface area contributed by atoms with Crippen LogP contribution >= 0.6 is 11.3 Å². The molecule has 1 aromatic carbocycles. The van der Waals surface area contributed by atoms with Gasteiger partial charge < -0.3 is 10.2 Å². The Balaban J connectivity index is 1.96.